The van der Waals surface area contributed by atoms with Crippen LogP contribution in [0, 0.1) is 11.7 Å². The molecule has 1 nitrogen and oxygen atoms in total. The van der Waals surface area contributed by atoms with E-state index >= 15 is 0 Å². The first kappa shape index (κ1) is 15.2. The minimum atomic E-state index is -4.44. The van der Waals surface area contributed by atoms with E-state index in [-0.39, 0.29) is 17.4 Å². The number of benzene rings is 2. The van der Waals surface area contributed by atoms with Crippen molar-refractivity contribution in [1.82, 2.24) is 0 Å². The van der Waals surface area contributed by atoms with Crippen LogP contribution in [-0.2, 0) is 6.18 Å². The molecule has 3 atom stereocenters. The van der Waals surface area contributed by atoms with E-state index < -0.39 is 23.6 Å². The third kappa shape index (κ3) is 2.30. The Morgan fingerprint density at radius 2 is 1.71 bits per heavy atom. The first-order valence-corrected chi connectivity index (χ1v) is 7.84. The third-order valence-corrected chi connectivity index (χ3v) is 4.95. The van der Waals surface area contributed by atoms with Gasteiger partial charge in [0.1, 0.15) is 5.82 Å². The number of anilines is 1. The molecule has 0 bridgehead atoms. The van der Waals surface area contributed by atoms with Gasteiger partial charge in [-0.3, -0.25) is 0 Å². The molecule has 1 heterocycles. The van der Waals surface area contributed by atoms with Crippen LogP contribution in [0.1, 0.15) is 35.1 Å². The lowest BCUT2D eigenvalue weighted by Crippen LogP contribution is -2.31. The maximum Gasteiger partial charge on any atom is 0.416 e. The average Bonchev–Trinajstić information content (AvgIpc) is 3.04. The van der Waals surface area contributed by atoms with Gasteiger partial charge in [0.15, 0.2) is 0 Å². The summed E-state index contributed by atoms with van der Waals surface area (Å²) in [6.07, 6.45) is 0.187. The maximum absolute atomic E-state index is 14.2. The second-order valence-electron chi connectivity index (χ2n) is 6.26. The van der Waals surface area contributed by atoms with Gasteiger partial charge in [0.2, 0.25) is 0 Å². The Labute approximate surface area is 137 Å². The molecule has 4 rings (SSSR count). The van der Waals surface area contributed by atoms with Crippen molar-refractivity contribution in [3.63, 3.8) is 0 Å². The first-order valence-electron chi connectivity index (χ1n) is 7.84. The number of rotatable bonds is 1. The van der Waals surface area contributed by atoms with Gasteiger partial charge in [-0.2, -0.15) is 13.2 Å². The van der Waals surface area contributed by atoms with Crippen LogP contribution in [0.15, 0.2) is 54.6 Å². The number of halogens is 4. The highest BCUT2D eigenvalue weighted by atomic mass is 19.4. The predicted molar refractivity (Wildman–Crippen MR) is 84.2 cm³/mol. The molecule has 124 valence electrons. The number of hydrogen-bond acceptors (Lipinski definition) is 1. The Hall–Kier alpha value is -2.30. The second kappa shape index (κ2) is 5.36. The molecular weight excluding hydrogens is 318 g/mol. The maximum atomic E-state index is 14.2. The Balaban J connectivity index is 1.85. The third-order valence-electron chi connectivity index (χ3n) is 4.95. The minimum absolute atomic E-state index is 0.0530. The van der Waals surface area contributed by atoms with Gasteiger partial charge in [-0.25, -0.2) is 4.39 Å². The minimum Gasteiger partial charge on any atom is -0.375 e. The van der Waals surface area contributed by atoms with E-state index in [0.717, 1.165) is 11.6 Å². The van der Waals surface area contributed by atoms with Crippen molar-refractivity contribution in [2.45, 2.75) is 24.6 Å². The number of para-hydroxylation sites is 1. The molecule has 0 saturated carbocycles. The molecule has 0 spiro atoms. The molecular formula is C19H15F4N. The van der Waals surface area contributed by atoms with Gasteiger partial charge in [0.25, 0.3) is 0 Å². The van der Waals surface area contributed by atoms with Crippen molar-refractivity contribution in [3.8, 4) is 0 Å². The molecule has 0 saturated heterocycles. The zero-order valence-electron chi connectivity index (χ0n) is 12.6. The summed E-state index contributed by atoms with van der Waals surface area (Å²) in [6.45, 7) is 0. The average molecular weight is 333 g/mol. The first-order chi connectivity index (χ1) is 11.5. The van der Waals surface area contributed by atoms with Crippen molar-refractivity contribution >= 4 is 5.69 Å². The second-order valence-corrected chi connectivity index (χ2v) is 6.26. The summed E-state index contributed by atoms with van der Waals surface area (Å²) < 4.78 is 54.5. The highest BCUT2D eigenvalue weighted by Gasteiger charge is 2.42. The van der Waals surface area contributed by atoms with Gasteiger partial charge >= 0.3 is 6.18 Å². The normalized spacial score (nSPS) is 25.1. The Morgan fingerprint density at radius 3 is 2.50 bits per heavy atom. The summed E-state index contributed by atoms with van der Waals surface area (Å²) in [7, 11) is 0. The molecule has 0 amide bonds. The molecule has 24 heavy (non-hydrogen) atoms. The topological polar surface area (TPSA) is 12.0 Å². The zero-order chi connectivity index (χ0) is 16.9. The zero-order valence-corrected chi connectivity index (χ0v) is 12.6. The van der Waals surface area contributed by atoms with Crippen molar-refractivity contribution < 1.29 is 17.6 Å². The number of alkyl halides is 3. The molecule has 0 aromatic heterocycles. The van der Waals surface area contributed by atoms with Crippen molar-refractivity contribution in [1.29, 1.82) is 0 Å². The standard InChI is InChI=1S/C19H15F4N/c20-16-10-4-8-13-11-6-3-7-12(11)17(24-18(13)16)14-5-1-2-9-15(14)19(21,22)23/h1-6,8-12,17,24H,7H2/t11?,12?,17-/m0/s1. The summed E-state index contributed by atoms with van der Waals surface area (Å²) in [4.78, 5) is 0. The SMILES string of the molecule is Fc1cccc2c1N[C@H](c1ccccc1C(F)(F)F)C1CC=CC21. The van der Waals surface area contributed by atoms with Crippen molar-refractivity contribution in [2.75, 3.05) is 5.32 Å². The summed E-state index contributed by atoms with van der Waals surface area (Å²) in [5.41, 5.74) is 0.646. The van der Waals surface area contributed by atoms with Gasteiger partial charge in [0, 0.05) is 5.92 Å². The summed E-state index contributed by atoms with van der Waals surface area (Å²) in [5, 5.41) is 3.05. The lowest BCUT2D eigenvalue weighted by atomic mass is 9.76. The van der Waals surface area contributed by atoms with Crippen LogP contribution in [0.4, 0.5) is 23.2 Å². The summed E-state index contributed by atoms with van der Waals surface area (Å²) >= 11 is 0. The van der Waals surface area contributed by atoms with E-state index in [1.807, 2.05) is 18.2 Å². The van der Waals surface area contributed by atoms with Crippen LogP contribution in [0.5, 0.6) is 0 Å². The van der Waals surface area contributed by atoms with Gasteiger partial charge < -0.3 is 5.32 Å². The molecule has 2 aliphatic rings. The molecule has 0 fully saturated rings. The number of nitrogens with one attached hydrogen (secondary N) is 1. The molecule has 1 N–H and O–H groups in total. The smallest absolute Gasteiger partial charge is 0.375 e. The van der Waals surface area contributed by atoms with E-state index in [1.54, 1.807) is 12.1 Å². The van der Waals surface area contributed by atoms with E-state index in [4.69, 9.17) is 0 Å². The Morgan fingerprint density at radius 1 is 0.958 bits per heavy atom. The monoisotopic (exact) mass is 333 g/mol. The summed E-state index contributed by atoms with van der Waals surface area (Å²) in [5.74, 6) is -0.549. The van der Waals surface area contributed by atoms with Crippen LogP contribution >= 0.6 is 0 Å². The predicted octanol–water partition coefficient (Wildman–Crippen LogP) is 5.67. The van der Waals surface area contributed by atoms with Crippen LogP contribution in [0.2, 0.25) is 0 Å². The molecule has 1 aliphatic heterocycles. The Kier molecular flexibility index (Phi) is 3.41. The van der Waals surface area contributed by atoms with Crippen LogP contribution < -0.4 is 5.32 Å². The number of allylic oxidation sites excluding steroid dienone is 2. The Bertz CT molecular complexity index is 809. The van der Waals surface area contributed by atoms with Gasteiger partial charge in [-0.1, -0.05) is 42.5 Å². The quantitative estimate of drug-likeness (QED) is 0.524. The lowest BCUT2D eigenvalue weighted by molar-refractivity contribution is -0.138. The molecule has 2 unspecified atom stereocenters. The van der Waals surface area contributed by atoms with E-state index in [0.29, 0.717) is 12.1 Å². The fourth-order valence-electron chi connectivity index (χ4n) is 3.92. The summed E-state index contributed by atoms with van der Waals surface area (Å²) in [6, 6.07) is 9.79. The molecule has 2 aromatic rings. The lowest BCUT2D eigenvalue weighted by Gasteiger charge is -2.38. The molecule has 2 aromatic carbocycles. The van der Waals surface area contributed by atoms with E-state index in [2.05, 4.69) is 5.32 Å². The van der Waals surface area contributed by atoms with Crippen LogP contribution in [0.3, 0.4) is 0 Å². The van der Waals surface area contributed by atoms with E-state index in [9.17, 15) is 17.6 Å². The molecule has 0 radical (unpaired) electrons. The van der Waals surface area contributed by atoms with Crippen LogP contribution in [0.25, 0.3) is 0 Å². The number of fused-ring (bicyclic) bond motifs is 3. The van der Waals surface area contributed by atoms with Crippen LogP contribution in [-0.4, -0.2) is 0 Å². The fraction of sp³-hybridized carbons (Fsp3) is 0.263. The molecule has 5 heteroatoms. The molecule has 1 aliphatic carbocycles. The highest BCUT2D eigenvalue weighted by molar-refractivity contribution is 5.61. The van der Waals surface area contributed by atoms with Crippen molar-refractivity contribution in [3.05, 3.63) is 77.1 Å². The van der Waals surface area contributed by atoms with Gasteiger partial charge in [-0.05, 0) is 35.6 Å². The highest BCUT2D eigenvalue weighted by Crippen LogP contribution is 2.51. The van der Waals surface area contributed by atoms with Crippen molar-refractivity contribution in [2.24, 2.45) is 5.92 Å². The fourth-order valence-corrected chi connectivity index (χ4v) is 3.92. The number of hydrogen-bond donors (Lipinski definition) is 1. The van der Waals surface area contributed by atoms with E-state index in [1.165, 1.54) is 18.2 Å². The largest absolute Gasteiger partial charge is 0.416 e. The van der Waals surface area contributed by atoms with Gasteiger partial charge in [0.05, 0.1) is 17.3 Å². The van der Waals surface area contributed by atoms with Gasteiger partial charge in [-0.15, -0.1) is 0 Å².